The van der Waals surface area contributed by atoms with Gasteiger partial charge in [0.15, 0.2) is 0 Å². The molecule has 4 rings (SSSR count). The molecule has 4 aliphatic carbocycles. The monoisotopic (exact) mass is 440 g/mol. The van der Waals surface area contributed by atoms with E-state index in [0.717, 1.165) is 36.8 Å². The molecule has 32 heavy (non-hydrogen) atoms. The summed E-state index contributed by atoms with van der Waals surface area (Å²) < 4.78 is 0. The summed E-state index contributed by atoms with van der Waals surface area (Å²) >= 11 is 0. The highest BCUT2D eigenvalue weighted by atomic mass is 16.3. The lowest BCUT2D eigenvalue weighted by molar-refractivity contribution is 0.0385. The van der Waals surface area contributed by atoms with E-state index < -0.39 is 17.8 Å². The minimum absolute atomic E-state index is 0.303. The third-order valence-electron chi connectivity index (χ3n) is 9.58. The SMILES string of the molecule is C=C1/C(=C\C=C2/CCC[C@]3(C)[C@@H]([C@H](C)/C=C/C4CCCC4(C)O)CC[C@@H]23)C[C@@H](O)C[C@@H]1O. The van der Waals surface area contributed by atoms with Gasteiger partial charge in [0.05, 0.1) is 17.8 Å². The molecule has 3 N–H and O–H groups in total. The quantitative estimate of drug-likeness (QED) is 0.479. The van der Waals surface area contributed by atoms with Crippen LogP contribution in [0.3, 0.4) is 0 Å². The topological polar surface area (TPSA) is 60.7 Å². The van der Waals surface area contributed by atoms with Gasteiger partial charge in [-0.05, 0) is 99.0 Å². The molecular weight excluding hydrogens is 396 g/mol. The third-order valence-corrected chi connectivity index (χ3v) is 9.58. The van der Waals surface area contributed by atoms with Crippen LogP contribution < -0.4 is 0 Å². The van der Waals surface area contributed by atoms with Gasteiger partial charge in [0.2, 0.25) is 0 Å². The Bertz CT molecular complexity index is 803. The summed E-state index contributed by atoms with van der Waals surface area (Å²) in [5.41, 5.74) is 3.12. The van der Waals surface area contributed by atoms with Gasteiger partial charge in [0, 0.05) is 12.3 Å². The summed E-state index contributed by atoms with van der Waals surface area (Å²) in [6.07, 6.45) is 18.4. The Morgan fingerprint density at radius 3 is 2.56 bits per heavy atom. The van der Waals surface area contributed by atoms with Crippen molar-refractivity contribution < 1.29 is 15.3 Å². The van der Waals surface area contributed by atoms with Crippen LogP contribution in [0, 0.1) is 29.1 Å². The molecule has 0 saturated heterocycles. The van der Waals surface area contributed by atoms with Gasteiger partial charge in [0.1, 0.15) is 0 Å². The zero-order valence-electron chi connectivity index (χ0n) is 20.4. The Hall–Kier alpha value is -1.16. The van der Waals surface area contributed by atoms with E-state index in [4.69, 9.17) is 0 Å². The van der Waals surface area contributed by atoms with Crippen molar-refractivity contribution in [2.45, 2.75) is 103 Å². The number of hydrogen-bond donors (Lipinski definition) is 3. The summed E-state index contributed by atoms with van der Waals surface area (Å²) in [4.78, 5) is 0. The second kappa shape index (κ2) is 9.24. The lowest BCUT2D eigenvalue weighted by Gasteiger charge is -2.44. The van der Waals surface area contributed by atoms with E-state index in [9.17, 15) is 15.3 Å². The van der Waals surface area contributed by atoms with Crippen LogP contribution in [0.15, 0.2) is 47.6 Å². The average molecular weight is 441 g/mol. The van der Waals surface area contributed by atoms with Crippen LogP contribution in [-0.4, -0.2) is 33.1 Å². The van der Waals surface area contributed by atoms with Crippen LogP contribution in [0.2, 0.25) is 0 Å². The van der Waals surface area contributed by atoms with E-state index in [2.05, 4.69) is 44.7 Å². The molecular formula is C29H44O3. The lowest BCUT2D eigenvalue weighted by atomic mass is 9.61. The van der Waals surface area contributed by atoms with Crippen molar-refractivity contribution in [3.8, 4) is 0 Å². The van der Waals surface area contributed by atoms with Gasteiger partial charge in [-0.2, -0.15) is 0 Å². The Balaban J connectivity index is 1.49. The first kappa shape index (κ1) is 24.0. The van der Waals surface area contributed by atoms with E-state index in [-0.39, 0.29) is 0 Å². The number of fused-ring (bicyclic) bond motifs is 1. The molecule has 4 saturated carbocycles. The maximum Gasteiger partial charge on any atom is 0.0811 e. The zero-order valence-corrected chi connectivity index (χ0v) is 20.4. The van der Waals surface area contributed by atoms with E-state index in [0.29, 0.717) is 41.9 Å². The lowest BCUT2D eigenvalue weighted by Crippen LogP contribution is -2.35. The first-order chi connectivity index (χ1) is 15.1. The van der Waals surface area contributed by atoms with Crippen molar-refractivity contribution in [3.05, 3.63) is 47.6 Å². The summed E-state index contributed by atoms with van der Waals surface area (Å²) in [5, 5.41) is 30.9. The highest BCUT2D eigenvalue weighted by molar-refractivity contribution is 5.38. The van der Waals surface area contributed by atoms with Crippen molar-refractivity contribution in [2.75, 3.05) is 0 Å². The third kappa shape index (κ3) is 4.58. The summed E-state index contributed by atoms with van der Waals surface area (Å²) in [7, 11) is 0. The molecule has 4 fully saturated rings. The first-order valence-corrected chi connectivity index (χ1v) is 13.0. The number of rotatable bonds is 4. The van der Waals surface area contributed by atoms with Gasteiger partial charge in [0.25, 0.3) is 0 Å². The Labute approximate surface area is 195 Å². The van der Waals surface area contributed by atoms with Gasteiger partial charge in [-0.15, -0.1) is 0 Å². The Morgan fingerprint density at radius 1 is 1.06 bits per heavy atom. The molecule has 0 heterocycles. The van der Waals surface area contributed by atoms with Gasteiger partial charge >= 0.3 is 0 Å². The highest BCUT2D eigenvalue weighted by Gasteiger charge is 2.50. The molecule has 3 heteroatoms. The summed E-state index contributed by atoms with van der Waals surface area (Å²) in [6.45, 7) is 11.0. The zero-order chi connectivity index (χ0) is 23.1. The maximum absolute atomic E-state index is 10.6. The van der Waals surface area contributed by atoms with E-state index >= 15 is 0 Å². The van der Waals surface area contributed by atoms with Crippen molar-refractivity contribution in [3.63, 3.8) is 0 Å². The Kier molecular flexibility index (Phi) is 6.92. The van der Waals surface area contributed by atoms with Crippen LogP contribution in [-0.2, 0) is 0 Å². The van der Waals surface area contributed by atoms with Crippen molar-refractivity contribution >= 4 is 0 Å². The molecule has 0 spiro atoms. The fourth-order valence-corrected chi connectivity index (χ4v) is 7.53. The fraction of sp³-hybridized carbons (Fsp3) is 0.724. The minimum Gasteiger partial charge on any atom is -0.393 e. The molecule has 8 atom stereocenters. The number of hydrogen-bond acceptors (Lipinski definition) is 3. The van der Waals surface area contributed by atoms with E-state index in [1.807, 2.05) is 6.92 Å². The van der Waals surface area contributed by atoms with Gasteiger partial charge in [-0.3, -0.25) is 0 Å². The van der Waals surface area contributed by atoms with Crippen molar-refractivity contribution in [1.82, 2.24) is 0 Å². The maximum atomic E-state index is 10.6. The van der Waals surface area contributed by atoms with Gasteiger partial charge < -0.3 is 15.3 Å². The molecule has 0 bridgehead atoms. The average Bonchev–Trinajstić information content (AvgIpc) is 3.26. The molecule has 178 valence electrons. The molecule has 0 aromatic heterocycles. The molecule has 4 aliphatic rings. The second-order valence-corrected chi connectivity index (χ2v) is 11.8. The number of aliphatic hydroxyl groups excluding tert-OH is 2. The molecule has 0 amide bonds. The molecule has 0 aliphatic heterocycles. The standard InChI is InChI=1S/C29H44O3/c1-19(9-12-23-8-6-16-29(23,4)32)25-13-14-26-21(7-5-15-28(25,26)3)10-11-22-17-24(30)18-27(31)20(22)2/h9-12,19,23-27,30-32H,2,5-8,13-18H2,1,3-4H3/b12-9+,21-10+,22-11-/t19-,23?,24-,25-,26+,27+,28-,29?/m1/s1. The first-order valence-electron chi connectivity index (χ1n) is 13.0. The van der Waals surface area contributed by atoms with Crippen LogP contribution >= 0.6 is 0 Å². The second-order valence-electron chi connectivity index (χ2n) is 11.8. The van der Waals surface area contributed by atoms with Gasteiger partial charge in [-0.25, -0.2) is 0 Å². The summed E-state index contributed by atoms with van der Waals surface area (Å²) in [5.74, 6) is 2.13. The van der Waals surface area contributed by atoms with Gasteiger partial charge in [-0.1, -0.05) is 50.3 Å². The molecule has 0 radical (unpaired) electrons. The predicted molar refractivity (Wildman–Crippen MR) is 131 cm³/mol. The predicted octanol–water partition coefficient (Wildman–Crippen LogP) is 5.87. The largest absolute Gasteiger partial charge is 0.393 e. The van der Waals surface area contributed by atoms with E-state index in [1.54, 1.807) is 5.57 Å². The van der Waals surface area contributed by atoms with Crippen molar-refractivity contribution in [2.24, 2.45) is 29.1 Å². The minimum atomic E-state index is -0.621. The molecule has 0 aromatic carbocycles. The molecule has 0 aromatic rings. The fourth-order valence-electron chi connectivity index (χ4n) is 7.53. The van der Waals surface area contributed by atoms with Crippen LogP contribution in [0.5, 0.6) is 0 Å². The molecule has 2 unspecified atom stereocenters. The Morgan fingerprint density at radius 2 is 1.84 bits per heavy atom. The highest BCUT2D eigenvalue weighted by Crippen LogP contribution is 2.59. The van der Waals surface area contributed by atoms with Crippen LogP contribution in [0.1, 0.15) is 85.0 Å². The van der Waals surface area contributed by atoms with Crippen molar-refractivity contribution in [1.29, 1.82) is 0 Å². The van der Waals surface area contributed by atoms with E-state index in [1.165, 1.54) is 25.7 Å². The summed E-state index contributed by atoms with van der Waals surface area (Å²) in [6, 6.07) is 0. The smallest absolute Gasteiger partial charge is 0.0811 e. The normalized spacial score (nSPS) is 46.3. The molecule has 3 nitrogen and oxygen atoms in total. The van der Waals surface area contributed by atoms with Crippen LogP contribution in [0.25, 0.3) is 0 Å². The number of aliphatic hydroxyl groups is 3. The number of allylic oxidation sites excluding steroid dienone is 4. The van der Waals surface area contributed by atoms with Crippen LogP contribution in [0.4, 0.5) is 0 Å².